The molecule has 0 spiro atoms. The Balaban J connectivity index is 0. The molecule has 0 aromatic heterocycles. The van der Waals surface area contributed by atoms with Gasteiger partial charge in [0.1, 0.15) is 0 Å². The van der Waals surface area contributed by atoms with E-state index in [2.05, 4.69) is 15.8 Å². The highest BCUT2D eigenvalue weighted by Gasteiger charge is 1.88. The van der Waals surface area contributed by atoms with Crippen LogP contribution in [0.2, 0.25) is 0 Å². The van der Waals surface area contributed by atoms with Crippen LogP contribution in [-0.2, 0) is 0 Å². The Kier molecular flexibility index (Phi) is 7.76. The maximum atomic E-state index is 9.27. The molecular weight excluding hydrogens is 149 g/mol. The Bertz CT molecular complexity index is 48.8. The summed E-state index contributed by atoms with van der Waals surface area (Å²) in [4.78, 5) is 9.27. The van der Waals surface area contributed by atoms with Crippen LogP contribution in [0.5, 0.6) is 0 Å². The van der Waals surface area contributed by atoms with Crippen LogP contribution in [0.1, 0.15) is 0 Å². The normalized spacial score (nSPS) is 5.50. The van der Waals surface area contributed by atoms with Crippen LogP contribution in [-0.4, -0.2) is 17.1 Å². The number of rotatable bonds is 1. The standard InChI is InChI=1S/CHBBrO2.H3N/c3-2-1(4)5;/h(H,4,5);1H3. The van der Waals surface area contributed by atoms with Crippen molar-refractivity contribution >= 4 is 27.7 Å². The number of hydrogen-bond acceptors (Lipinski definition) is 2. The van der Waals surface area contributed by atoms with Crippen molar-refractivity contribution in [3.8, 4) is 0 Å². The van der Waals surface area contributed by atoms with E-state index in [4.69, 9.17) is 5.11 Å². The zero-order chi connectivity index (χ0) is 4.28. The van der Waals surface area contributed by atoms with Crippen LogP contribution < -0.4 is 6.15 Å². The molecule has 0 aromatic rings. The zero-order valence-corrected chi connectivity index (χ0v) is 4.60. The Labute approximate surface area is 44.5 Å². The van der Waals surface area contributed by atoms with Crippen LogP contribution in [0.25, 0.3) is 0 Å². The van der Waals surface area contributed by atoms with Gasteiger partial charge in [-0.1, -0.05) is 0 Å². The highest BCUT2D eigenvalue weighted by Crippen LogP contribution is 1.71. The maximum Gasteiger partial charge on any atom is 0.350 e. The molecule has 4 N–H and O–H groups in total. The van der Waals surface area contributed by atoms with Crippen LogP contribution in [0.4, 0.5) is 4.79 Å². The molecule has 0 aliphatic carbocycles. The molecule has 0 aliphatic rings. The Morgan fingerprint density at radius 2 is 2.00 bits per heavy atom. The van der Waals surface area contributed by atoms with Gasteiger partial charge >= 0.3 is 6.10 Å². The second-order valence-electron chi connectivity index (χ2n) is 0.447. The largest absolute Gasteiger partial charge is 0.489 e. The minimum Gasteiger partial charge on any atom is -0.489 e. The van der Waals surface area contributed by atoms with Crippen LogP contribution in [0.15, 0.2) is 0 Å². The van der Waals surface area contributed by atoms with Crippen molar-refractivity contribution in [1.82, 2.24) is 6.15 Å². The molecule has 35 valence electrons. The van der Waals surface area contributed by atoms with Gasteiger partial charge in [0.25, 0.3) is 5.87 Å². The molecule has 0 fully saturated rings. The van der Waals surface area contributed by atoms with Gasteiger partial charge in [0, 0.05) is 0 Å². The number of carboxylic acid groups (broad SMARTS) is 1. The van der Waals surface area contributed by atoms with E-state index in [0.29, 0.717) is 0 Å². The van der Waals surface area contributed by atoms with Gasteiger partial charge in [-0.2, -0.15) is 0 Å². The van der Waals surface area contributed by atoms with Crippen LogP contribution in [0, 0.1) is 0 Å². The molecular formula is CH4BBrNO2. The van der Waals surface area contributed by atoms with E-state index in [-0.39, 0.29) is 6.15 Å². The zero-order valence-electron chi connectivity index (χ0n) is 3.02. The van der Waals surface area contributed by atoms with Gasteiger partial charge in [-0.15, -0.1) is 15.8 Å². The molecule has 0 bridgehead atoms. The average Bonchev–Trinajstić information content (AvgIpc) is 1.38. The van der Waals surface area contributed by atoms with E-state index in [1.54, 1.807) is 0 Å². The molecule has 0 heterocycles. The fraction of sp³-hybridized carbons (Fsp3) is 0. The second kappa shape index (κ2) is 4.97. The molecule has 5 heteroatoms. The highest BCUT2D eigenvalue weighted by molar-refractivity contribution is 9.24. The summed E-state index contributed by atoms with van der Waals surface area (Å²) in [6.07, 6.45) is 0.896. The topological polar surface area (TPSA) is 72.3 Å². The summed E-state index contributed by atoms with van der Waals surface area (Å²) >= 11 is 2.59. The first-order valence-corrected chi connectivity index (χ1v) is 1.85. The number of halogens is 1. The minimum atomic E-state index is -0.954. The minimum absolute atomic E-state index is 0. The average molecular weight is 153 g/mol. The summed E-state index contributed by atoms with van der Waals surface area (Å²) in [6.45, 7) is 0. The summed E-state index contributed by atoms with van der Waals surface area (Å²) in [6, 6.07) is 0. The molecule has 6 heavy (non-hydrogen) atoms. The molecule has 0 aliphatic heterocycles. The van der Waals surface area contributed by atoms with Gasteiger partial charge in [0.15, 0.2) is 0 Å². The van der Waals surface area contributed by atoms with Crippen LogP contribution in [0.3, 0.4) is 0 Å². The van der Waals surface area contributed by atoms with Gasteiger partial charge in [0.2, 0.25) is 0 Å². The Morgan fingerprint density at radius 3 is 2.00 bits per heavy atom. The lowest BCUT2D eigenvalue weighted by molar-refractivity contribution is 0.220. The van der Waals surface area contributed by atoms with Crippen molar-refractivity contribution in [3.63, 3.8) is 0 Å². The molecule has 3 nitrogen and oxygen atoms in total. The van der Waals surface area contributed by atoms with Crippen molar-refractivity contribution in [2.24, 2.45) is 0 Å². The SMILES string of the molecule is N.O=C(O)[B]Br. The molecule has 1 radical (unpaired) electrons. The van der Waals surface area contributed by atoms with E-state index >= 15 is 0 Å². The maximum absolute atomic E-state index is 9.27. The third kappa shape index (κ3) is 9.02. The Morgan fingerprint density at radius 1 is 1.83 bits per heavy atom. The van der Waals surface area contributed by atoms with E-state index in [0.717, 1.165) is 6.10 Å². The van der Waals surface area contributed by atoms with E-state index in [9.17, 15) is 4.79 Å². The first-order valence-electron chi connectivity index (χ1n) is 0.935. The lowest BCUT2D eigenvalue weighted by Crippen LogP contribution is -1.93. The molecule has 0 aromatic carbocycles. The summed E-state index contributed by atoms with van der Waals surface area (Å²) in [5.74, 6) is -0.954. The predicted molar refractivity (Wildman–Crippen MR) is 27.7 cm³/mol. The lowest BCUT2D eigenvalue weighted by Gasteiger charge is -1.67. The highest BCUT2D eigenvalue weighted by atomic mass is 79.9. The predicted octanol–water partition coefficient (Wildman–Crippen LogP) is 0.841. The molecule has 0 unspecified atom stereocenters. The van der Waals surface area contributed by atoms with E-state index < -0.39 is 5.87 Å². The fourth-order valence-corrected chi connectivity index (χ4v) is 0. The molecule has 0 saturated heterocycles. The van der Waals surface area contributed by atoms with E-state index in [1.807, 2.05) is 0 Å². The molecule has 0 amide bonds. The number of hydrogen-bond donors (Lipinski definition) is 2. The molecule has 0 atom stereocenters. The van der Waals surface area contributed by atoms with Gasteiger partial charge in [0.05, 0.1) is 0 Å². The van der Waals surface area contributed by atoms with Crippen molar-refractivity contribution in [2.45, 2.75) is 0 Å². The van der Waals surface area contributed by atoms with Crippen molar-refractivity contribution in [2.75, 3.05) is 0 Å². The molecule has 0 rings (SSSR count). The Hall–Kier alpha value is -0.0251. The second-order valence-corrected chi connectivity index (χ2v) is 0.905. The lowest BCUT2D eigenvalue weighted by atomic mass is 10.2. The van der Waals surface area contributed by atoms with Crippen molar-refractivity contribution < 1.29 is 9.90 Å². The summed E-state index contributed by atoms with van der Waals surface area (Å²) in [5, 5.41) is 7.62. The summed E-state index contributed by atoms with van der Waals surface area (Å²) in [7, 11) is 0. The summed E-state index contributed by atoms with van der Waals surface area (Å²) < 4.78 is 0. The summed E-state index contributed by atoms with van der Waals surface area (Å²) in [5.41, 5.74) is 0. The van der Waals surface area contributed by atoms with Crippen molar-refractivity contribution in [3.05, 3.63) is 0 Å². The van der Waals surface area contributed by atoms with Crippen LogP contribution >= 0.6 is 15.8 Å². The first kappa shape index (κ1) is 9.36. The van der Waals surface area contributed by atoms with Crippen molar-refractivity contribution in [1.29, 1.82) is 0 Å². The van der Waals surface area contributed by atoms with Gasteiger partial charge < -0.3 is 11.3 Å². The quantitative estimate of drug-likeness (QED) is 0.548. The third-order valence-electron chi connectivity index (χ3n) is 0.0933. The smallest absolute Gasteiger partial charge is 0.350 e. The molecule has 0 saturated carbocycles. The monoisotopic (exact) mass is 152 g/mol. The van der Waals surface area contributed by atoms with E-state index in [1.165, 1.54) is 0 Å². The van der Waals surface area contributed by atoms with Gasteiger partial charge in [-0.05, 0) is 0 Å². The van der Waals surface area contributed by atoms with Gasteiger partial charge in [-0.3, -0.25) is 4.79 Å². The third-order valence-corrected chi connectivity index (χ3v) is 0.485. The fourth-order valence-electron chi connectivity index (χ4n) is 0. The first-order chi connectivity index (χ1) is 2.27. The number of carbonyl (C=O) groups is 1. The van der Waals surface area contributed by atoms with Gasteiger partial charge in [-0.25, -0.2) is 0 Å².